The molecular weight excluding hydrogens is 344 g/mol. The molecule has 4 fully saturated rings. The Morgan fingerprint density at radius 3 is 2.52 bits per heavy atom. The number of hydrogen-bond acceptors (Lipinski definition) is 4. The molecule has 2 N–H and O–H groups in total. The Morgan fingerprint density at radius 1 is 1.22 bits per heavy atom. The van der Waals surface area contributed by atoms with Crippen LogP contribution in [-0.4, -0.2) is 40.5 Å². The minimum Gasteiger partial charge on any atom is -0.323 e. The van der Waals surface area contributed by atoms with Gasteiger partial charge in [0.05, 0.1) is 0 Å². The lowest BCUT2D eigenvalue weighted by atomic mass is 9.70. The summed E-state index contributed by atoms with van der Waals surface area (Å²) in [6.07, 6.45) is 6.66. The highest BCUT2D eigenvalue weighted by molar-refractivity contribution is 6.07. The van der Waals surface area contributed by atoms with Crippen LogP contribution in [0, 0.1) is 16.7 Å². The van der Waals surface area contributed by atoms with Gasteiger partial charge in [-0.15, -0.1) is 0 Å². The van der Waals surface area contributed by atoms with E-state index in [0.717, 1.165) is 31.4 Å². The van der Waals surface area contributed by atoms with Gasteiger partial charge in [0, 0.05) is 24.1 Å². The van der Waals surface area contributed by atoms with Gasteiger partial charge in [-0.2, -0.15) is 5.10 Å². The first-order chi connectivity index (χ1) is 12.7. The van der Waals surface area contributed by atoms with Crippen molar-refractivity contribution in [1.82, 2.24) is 15.6 Å². The molecule has 2 bridgehead atoms. The molecule has 7 nitrogen and oxygen atoms in total. The third-order valence-corrected chi connectivity index (χ3v) is 8.09. The lowest BCUT2D eigenvalue weighted by molar-refractivity contribution is -0.131. The zero-order valence-corrected chi connectivity index (χ0v) is 16.6. The number of hydrazone groups is 1. The molecule has 0 unspecified atom stereocenters. The number of carbonyl (C=O) groups excluding carboxylic acids is 3. The number of imide groups is 1. The number of amides is 4. The zero-order chi connectivity index (χ0) is 19.4. The maximum Gasteiger partial charge on any atom is 0.325 e. The summed E-state index contributed by atoms with van der Waals surface area (Å²) >= 11 is 0. The van der Waals surface area contributed by atoms with Gasteiger partial charge in [0.1, 0.15) is 5.54 Å². The van der Waals surface area contributed by atoms with Crippen molar-refractivity contribution in [1.29, 1.82) is 0 Å². The monoisotopic (exact) mass is 374 g/mol. The normalized spacial score (nSPS) is 34.7. The maximum atomic E-state index is 12.6. The van der Waals surface area contributed by atoms with E-state index >= 15 is 0 Å². The molecule has 148 valence electrons. The van der Waals surface area contributed by atoms with E-state index in [4.69, 9.17) is 0 Å². The van der Waals surface area contributed by atoms with Gasteiger partial charge in [-0.1, -0.05) is 33.6 Å². The largest absolute Gasteiger partial charge is 0.325 e. The van der Waals surface area contributed by atoms with Crippen molar-refractivity contribution in [2.75, 3.05) is 6.54 Å². The first-order valence-corrected chi connectivity index (χ1v) is 10.2. The maximum absolute atomic E-state index is 12.6. The minimum atomic E-state index is -0.711. The van der Waals surface area contributed by atoms with Gasteiger partial charge in [-0.25, -0.2) is 10.2 Å². The van der Waals surface area contributed by atoms with Crippen LogP contribution in [0.2, 0.25) is 0 Å². The van der Waals surface area contributed by atoms with Gasteiger partial charge in [0.15, 0.2) is 0 Å². The number of nitrogens with zero attached hydrogens (tertiary/aromatic N) is 2. The summed E-state index contributed by atoms with van der Waals surface area (Å²) in [5, 5.41) is 7.28. The van der Waals surface area contributed by atoms with E-state index in [1.807, 2.05) is 0 Å². The topological polar surface area (TPSA) is 90.9 Å². The third kappa shape index (κ3) is 2.61. The lowest BCUT2D eigenvalue weighted by Crippen LogP contribution is -2.44. The van der Waals surface area contributed by atoms with Crippen LogP contribution in [0.4, 0.5) is 4.79 Å². The fourth-order valence-electron chi connectivity index (χ4n) is 5.69. The SMILES string of the molecule is CC1(C)[C@@H]2CC[C@@]1(C)/C(=N/NC(=O)CCN1C(=O)NC3(CCCC3)C1=O)C2. The van der Waals surface area contributed by atoms with Gasteiger partial charge >= 0.3 is 6.03 Å². The molecule has 3 aliphatic carbocycles. The summed E-state index contributed by atoms with van der Waals surface area (Å²) in [5.74, 6) is 0.206. The number of rotatable bonds is 4. The molecule has 2 atom stereocenters. The third-order valence-electron chi connectivity index (χ3n) is 8.09. The summed E-state index contributed by atoms with van der Waals surface area (Å²) < 4.78 is 0. The van der Waals surface area contributed by atoms with Crippen LogP contribution in [0.5, 0.6) is 0 Å². The van der Waals surface area contributed by atoms with Crippen LogP contribution >= 0.6 is 0 Å². The van der Waals surface area contributed by atoms with Gasteiger partial charge in [-0.05, 0) is 43.4 Å². The number of fused-ring (bicyclic) bond motifs is 2. The standard InChI is InChI=1S/C20H30N4O3/c1-18(2)13-6-10-19(18,3)14(12-13)22-23-15(25)7-11-24-16(26)20(21-17(24)27)8-4-5-9-20/h13H,4-12H2,1-3H3,(H,21,27)(H,23,25)/b22-14+/t13-,19+/m1/s1. The number of urea groups is 1. The van der Waals surface area contributed by atoms with E-state index in [0.29, 0.717) is 18.8 Å². The highest BCUT2D eigenvalue weighted by Crippen LogP contribution is 2.63. The molecule has 1 heterocycles. The van der Waals surface area contributed by atoms with E-state index in [9.17, 15) is 14.4 Å². The molecule has 0 aromatic heterocycles. The van der Waals surface area contributed by atoms with Gasteiger partial charge < -0.3 is 5.32 Å². The van der Waals surface area contributed by atoms with Gasteiger partial charge in [0.25, 0.3) is 5.91 Å². The van der Waals surface area contributed by atoms with E-state index in [-0.39, 0.29) is 41.6 Å². The van der Waals surface area contributed by atoms with E-state index in [2.05, 4.69) is 36.6 Å². The van der Waals surface area contributed by atoms with Crippen molar-refractivity contribution in [2.45, 2.75) is 77.7 Å². The Kier molecular flexibility index (Phi) is 4.13. The van der Waals surface area contributed by atoms with Crippen molar-refractivity contribution in [2.24, 2.45) is 21.8 Å². The quantitative estimate of drug-likeness (QED) is 0.585. The molecule has 0 aromatic rings. The predicted octanol–water partition coefficient (Wildman–Crippen LogP) is 2.56. The molecule has 4 aliphatic rings. The molecular formula is C20H30N4O3. The van der Waals surface area contributed by atoms with Crippen molar-refractivity contribution in [3.8, 4) is 0 Å². The molecule has 27 heavy (non-hydrogen) atoms. The average Bonchev–Trinajstić information content (AvgIpc) is 3.28. The first kappa shape index (κ1) is 18.4. The van der Waals surface area contributed by atoms with Crippen LogP contribution in [0.25, 0.3) is 0 Å². The fourth-order valence-corrected chi connectivity index (χ4v) is 5.69. The molecule has 1 spiro atoms. The highest BCUT2D eigenvalue weighted by atomic mass is 16.2. The molecule has 7 heteroatoms. The summed E-state index contributed by atoms with van der Waals surface area (Å²) in [6.45, 7) is 6.95. The number of nitrogens with one attached hydrogen (secondary N) is 2. The smallest absolute Gasteiger partial charge is 0.323 e. The van der Waals surface area contributed by atoms with E-state index in [1.165, 1.54) is 11.3 Å². The molecule has 0 radical (unpaired) electrons. The second-order valence-corrected chi connectivity index (χ2v) is 9.51. The van der Waals surface area contributed by atoms with Crippen LogP contribution in [0.1, 0.15) is 72.1 Å². The Labute approximate surface area is 160 Å². The summed E-state index contributed by atoms with van der Waals surface area (Å²) in [6, 6.07) is -0.372. The van der Waals surface area contributed by atoms with Gasteiger partial charge in [0.2, 0.25) is 5.91 Å². The fraction of sp³-hybridized carbons (Fsp3) is 0.800. The molecule has 1 saturated heterocycles. The van der Waals surface area contributed by atoms with Crippen molar-refractivity contribution in [3.63, 3.8) is 0 Å². The average molecular weight is 374 g/mol. The van der Waals surface area contributed by atoms with Crippen LogP contribution in [0.3, 0.4) is 0 Å². The zero-order valence-electron chi connectivity index (χ0n) is 16.6. The van der Waals surface area contributed by atoms with Crippen molar-refractivity contribution < 1.29 is 14.4 Å². The molecule has 4 amide bonds. The summed E-state index contributed by atoms with van der Waals surface area (Å²) in [5.41, 5.74) is 3.30. The van der Waals surface area contributed by atoms with Crippen molar-refractivity contribution >= 4 is 23.6 Å². The molecule has 0 aromatic carbocycles. The minimum absolute atomic E-state index is 0.0462. The lowest BCUT2D eigenvalue weighted by Gasteiger charge is -2.34. The van der Waals surface area contributed by atoms with Crippen molar-refractivity contribution in [3.05, 3.63) is 0 Å². The summed E-state index contributed by atoms with van der Waals surface area (Å²) in [7, 11) is 0. The molecule has 3 saturated carbocycles. The van der Waals surface area contributed by atoms with Gasteiger partial charge in [-0.3, -0.25) is 14.5 Å². The first-order valence-electron chi connectivity index (χ1n) is 10.2. The number of carbonyl (C=O) groups is 3. The Bertz CT molecular complexity index is 723. The van der Waals surface area contributed by atoms with Crippen LogP contribution in [-0.2, 0) is 9.59 Å². The van der Waals surface area contributed by atoms with Crippen LogP contribution < -0.4 is 10.7 Å². The predicted molar refractivity (Wildman–Crippen MR) is 101 cm³/mol. The Hall–Kier alpha value is -1.92. The molecule has 1 aliphatic heterocycles. The highest BCUT2D eigenvalue weighted by Gasteiger charge is 2.60. The number of hydrogen-bond donors (Lipinski definition) is 2. The molecule has 4 rings (SSSR count). The van der Waals surface area contributed by atoms with E-state index < -0.39 is 5.54 Å². The second kappa shape index (κ2) is 6.04. The Balaban J connectivity index is 1.33. The summed E-state index contributed by atoms with van der Waals surface area (Å²) in [4.78, 5) is 38.2. The Morgan fingerprint density at radius 2 is 1.93 bits per heavy atom. The second-order valence-electron chi connectivity index (χ2n) is 9.51. The van der Waals surface area contributed by atoms with E-state index in [1.54, 1.807) is 0 Å². The van der Waals surface area contributed by atoms with Crippen LogP contribution in [0.15, 0.2) is 5.10 Å².